The number of ether oxygens (including phenoxy) is 1. The first-order valence-corrected chi connectivity index (χ1v) is 8.49. The lowest BCUT2D eigenvalue weighted by Crippen LogP contribution is -2.46. The predicted octanol–water partition coefficient (Wildman–Crippen LogP) is 3.59. The van der Waals surface area contributed by atoms with E-state index < -0.39 is 0 Å². The highest BCUT2D eigenvalue weighted by Crippen LogP contribution is 2.26. The molecule has 0 spiro atoms. The highest BCUT2D eigenvalue weighted by atomic mass is 35.5. The van der Waals surface area contributed by atoms with E-state index in [0.29, 0.717) is 22.4 Å². The lowest BCUT2D eigenvalue weighted by atomic mass is 10.0. The largest absolute Gasteiger partial charge is 0.497 e. The second-order valence-corrected chi connectivity index (χ2v) is 6.82. The van der Waals surface area contributed by atoms with Gasteiger partial charge in [0.15, 0.2) is 0 Å². The van der Waals surface area contributed by atoms with Crippen molar-refractivity contribution in [3.63, 3.8) is 0 Å². The standard InChI is InChI=1S/C17H26ClN3O2/c1-12(2)11-21-8-6-13(7-9-21)19-17(22)20-16-5-4-14(23-3)10-15(16)18/h4-5,10,12-13H,6-9,11H2,1-3H3,(H2,19,20,22). The van der Waals surface area contributed by atoms with Gasteiger partial charge in [0.2, 0.25) is 0 Å². The van der Waals surface area contributed by atoms with Crippen LogP contribution in [-0.2, 0) is 0 Å². The Hall–Kier alpha value is -1.46. The minimum Gasteiger partial charge on any atom is -0.497 e. The van der Waals surface area contributed by atoms with Crippen LogP contribution in [0.3, 0.4) is 0 Å². The average molecular weight is 340 g/mol. The van der Waals surface area contributed by atoms with E-state index in [-0.39, 0.29) is 12.1 Å². The summed E-state index contributed by atoms with van der Waals surface area (Å²) in [5, 5.41) is 6.30. The molecule has 0 bridgehead atoms. The molecule has 2 N–H and O–H groups in total. The second kappa shape index (κ2) is 8.41. The molecule has 2 rings (SSSR count). The number of rotatable bonds is 5. The van der Waals surface area contributed by atoms with Crippen LogP contribution in [0.2, 0.25) is 5.02 Å². The summed E-state index contributed by atoms with van der Waals surface area (Å²) in [7, 11) is 1.58. The van der Waals surface area contributed by atoms with Crippen LogP contribution in [0.1, 0.15) is 26.7 Å². The van der Waals surface area contributed by atoms with Crippen LogP contribution in [0, 0.1) is 5.92 Å². The average Bonchev–Trinajstić information content (AvgIpc) is 2.50. The quantitative estimate of drug-likeness (QED) is 0.862. The number of piperidine rings is 1. The van der Waals surface area contributed by atoms with Crippen LogP contribution < -0.4 is 15.4 Å². The summed E-state index contributed by atoms with van der Waals surface area (Å²) in [6.07, 6.45) is 1.97. The highest BCUT2D eigenvalue weighted by Gasteiger charge is 2.21. The lowest BCUT2D eigenvalue weighted by Gasteiger charge is -2.33. The van der Waals surface area contributed by atoms with Crippen LogP contribution in [0.5, 0.6) is 5.75 Å². The number of nitrogens with zero attached hydrogens (tertiary/aromatic N) is 1. The Morgan fingerprint density at radius 2 is 2.09 bits per heavy atom. The molecule has 0 aromatic heterocycles. The molecule has 1 aliphatic heterocycles. The van der Waals surface area contributed by atoms with E-state index in [1.54, 1.807) is 25.3 Å². The molecule has 6 heteroatoms. The molecular weight excluding hydrogens is 314 g/mol. The van der Waals surface area contributed by atoms with Gasteiger partial charge < -0.3 is 20.3 Å². The van der Waals surface area contributed by atoms with Gasteiger partial charge in [0, 0.05) is 31.7 Å². The van der Waals surface area contributed by atoms with E-state index in [4.69, 9.17) is 16.3 Å². The van der Waals surface area contributed by atoms with Gasteiger partial charge in [-0.1, -0.05) is 25.4 Å². The van der Waals surface area contributed by atoms with Crippen LogP contribution in [0.4, 0.5) is 10.5 Å². The number of anilines is 1. The topological polar surface area (TPSA) is 53.6 Å². The van der Waals surface area contributed by atoms with Crippen molar-refractivity contribution in [2.24, 2.45) is 5.92 Å². The zero-order chi connectivity index (χ0) is 16.8. The molecule has 1 aromatic rings. The van der Waals surface area contributed by atoms with Gasteiger partial charge in [-0.25, -0.2) is 4.79 Å². The van der Waals surface area contributed by atoms with Gasteiger partial charge in [-0.05, 0) is 30.9 Å². The summed E-state index contributed by atoms with van der Waals surface area (Å²) < 4.78 is 5.10. The smallest absolute Gasteiger partial charge is 0.319 e. The molecule has 2 amide bonds. The Bertz CT molecular complexity index is 529. The van der Waals surface area contributed by atoms with E-state index in [2.05, 4.69) is 29.4 Å². The SMILES string of the molecule is COc1ccc(NC(=O)NC2CCN(CC(C)C)CC2)c(Cl)c1. The maximum atomic E-state index is 12.1. The first-order valence-electron chi connectivity index (χ1n) is 8.11. The molecule has 0 saturated carbocycles. The molecule has 0 aliphatic carbocycles. The summed E-state index contributed by atoms with van der Waals surface area (Å²) in [5.74, 6) is 1.35. The maximum absolute atomic E-state index is 12.1. The van der Waals surface area contributed by atoms with Crippen LogP contribution in [0.15, 0.2) is 18.2 Å². The molecule has 0 atom stereocenters. The normalized spacial score (nSPS) is 16.4. The van der Waals surface area contributed by atoms with Gasteiger partial charge >= 0.3 is 6.03 Å². The number of hydrogen-bond donors (Lipinski definition) is 2. The van der Waals surface area contributed by atoms with Crippen LogP contribution in [0.25, 0.3) is 0 Å². The van der Waals surface area contributed by atoms with Crippen LogP contribution in [-0.4, -0.2) is 43.7 Å². The number of halogens is 1. The summed E-state index contributed by atoms with van der Waals surface area (Å²) in [5.41, 5.74) is 0.585. The second-order valence-electron chi connectivity index (χ2n) is 6.41. The van der Waals surface area contributed by atoms with E-state index in [9.17, 15) is 4.79 Å². The van der Waals surface area contributed by atoms with E-state index in [1.807, 2.05) is 0 Å². The molecule has 5 nitrogen and oxygen atoms in total. The van der Waals surface area contributed by atoms with E-state index in [1.165, 1.54) is 0 Å². The summed E-state index contributed by atoms with van der Waals surface area (Å²) in [6.45, 7) is 7.66. The Balaban J connectivity index is 1.79. The number of methoxy groups -OCH3 is 1. The Kier molecular flexibility index (Phi) is 6.54. The summed E-state index contributed by atoms with van der Waals surface area (Å²) in [4.78, 5) is 14.6. The number of nitrogens with one attached hydrogen (secondary N) is 2. The molecule has 0 unspecified atom stereocenters. The zero-order valence-electron chi connectivity index (χ0n) is 14.1. The predicted molar refractivity (Wildman–Crippen MR) is 94.5 cm³/mol. The third-order valence-electron chi connectivity index (χ3n) is 3.97. The van der Waals surface area contributed by atoms with Gasteiger partial charge in [0.05, 0.1) is 17.8 Å². The van der Waals surface area contributed by atoms with Crippen LogP contribution >= 0.6 is 11.6 Å². The first-order chi connectivity index (χ1) is 11.0. The van der Waals surface area contributed by atoms with Crippen molar-refractivity contribution in [3.8, 4) is 5.75 Å². The Morgan fingerprint density at radius 3 is 2.65 bits per heavy atom. The summed E-state index contributed by atoms with van der Waals surface area (Å²) >= 11 is 6.13. The van der Waals surface area contributed by atoms with Gasteiger partial charge in [-0.2, -0.15) is 0 Å². The number of hydrogen-bond acceptors (Lipinski definition) is 3. The van der Waals surface area contributed by atoms with Crippen molar-refractivity contribution in [1.29, 1.82) is 0 Å². The third-order valence-corrected chi connectivity index (χ3v) is 4.28. The fraction of sp³-hybridized carbons (Fsp3) is 0.588. The minimum atomic E-state index is -0.209. The fourth-order valence-electron chi connectivity index (χ4n) is 2.84. The molecule has 128 valence electrons. The molecule has 0 radical (unpaired) electrons. The molecule has 1 heterocycles. The van der Waals surface area contributed by atoms with Crippen molar-refractivity contribution in [1.82, 2.24) is 10.2 Å². The Labute approximate surface area is 143 Å². The zero-order valence-corrected chi connectivity index (χ0v) is 14.8. The molecule has 1 saturated heterocycles. The summed E-state index contributed by atoms with van der Waals surface area (Å²) in [6, 6.07) is 5.20. The lowest BCUT2D eigenvalue weighted by molar-refractivity contribution is 0.180. The van der Waals surface area contributed by atoms with Crippen molar-refractivity contribution in [3.05, 3.63) is 23.2 Å². The van der Waals surface area contributed by atoms with Crippen molar-refractivity contribution < 1.29 is 9.53 Å². The van der Waals surface area contributed by atoms with Gasteiger partial charge in [0.1, 0.15) is 5.75 Å². The number of likely N-dealkylation sites (tertiary alicyclic amines) is 1. The maximum Gasteiger partial charge on any atom is 0.319 e. The number of amides is 2. The fourth-order valence-corrected chi connectivity index (χ4v) is 3.06. The number of benzene rings is 1. The van der Waals surface area contributed by atoms with E-state index >= 15 is 0 Å². The monoisotopic (exact) mass is 339 g/mol. The number of carbonyl (C=O) groups excluding carboxylic acids is 1. The van der Waals surface area contributed by atoms with E-state index in [0.717, 1.165) is 32.5 Å². The van der Waals surface area contributed by atoms with Crippen molar-refractivity contribution in [2.75, 3.05) is 32.1 Å². The highest BCUT2D eigenvalue weighted by molar-refractivity contribution is 6.33. The number of urea groups is 1. The molecule has 1 fully saturated rings. The molecule has 1 aliphatic rings. The minimum absolute atomic E-state index is 0.209. The van der Waals surface area contributed by atoms with Gasteiger partial charge in [-0.15, -0.1) is 0 Å². The number of carbonyl (C=O) groups is 1. The molecular formula is C17H26ClN3O2. The Morgan fingerprint density at radius 1 is 1.39 bits per heavy atom. The van der Waals surface area contributed by atoms with Gasteiger partial charge in [0.25, 0.3) is 0 Å². The molecule has 23 heavy (non-hydrogen) atoms. The molecule has 1 aromatic carbocycles. The van der Waals surface area contributed by atoms with Gasteiger partial charge in [-0.3, -0.25) is 0 Å². The third kappa shape index (κ3) is 5.59. The first kappa shape index (κ1) is 17.9. The van der Waals surface area contributed by atoms with Crippen molar-refractivity contribution in [2.45, 2.75) is 32.7 Å². The van der Waals surface area contributed by atoms with Crippen molar-refractivity contribution >= 4 is 23.3 Å².